The summed E-state index contributed by atoms with van der Waals surface area (Å²) in [5, 5.41) is 34.5. The maximum atomic E-state index is 10.6. The maximum absolute atomic E-state index is 10.6. The number of carboxylic acid groups (broad SMARTS) is 4. The van der Waals surface area contributed by atoms with Crippen molar-refractivity contribution in [1.82, 2.24) is 22.1 Å². The number of aliphatic carboxylic acids is 4. The summed E-state index contributed by atoms with van der Waals surface area (Å²) >= 11 is 0. The van der Waals surface area contributed by atoms with E-state index in [1.807, 2.05) is 0 Å². The molecule has 0 atom stereocenters. The third-order valence-electron chi connectivity index (χ3n) is 2.17. The van der Waals surface area contributed by atoms with Gasteiger partial charge in [-0.05, 0) is 0 Å². The quantitative estimate of drug-likeness (QED) is 0.220. The van der Waals surface area contributed by atoms with E-state index in [-0.39, 0.29) is 48.4 Å². The Labute approximate surface area is 148 Å². The van der Waals surface area contributed by atoms with E-state index in [1.54, 1.807) is 0 Å². The van der Waals surface area contributed by atoms with Gasteiger partial charge >= 0.3 is 46.9 Å². The van der Waals surface area contributed by atoms with Gasteiger partial charge in [0.25, 0.3) is 0 Å². The van der Waals surface area contributed by atoms with Gasteiger partial charge in [-0.3, -0.25) is 29.0 Å². The zero-order valence-electron chi connectivity index (χ0n) is 12.7. The summed E-state index contributed by atoms with van der Waals surface area (Å²) in [6.07, 6.45) is 0. The van der Waals surface area contributed by atoms with Gasteiger partial charge in [-0.1, -0.05) is 0 Å². The average molecular weight is 351 g/mol. The van der Waals surface area contributed by atoms with Gasteiger partial charge in [-0.15, -0.1) is 0 Å². The Kier molecular flexibility index (Phi) is 19.7. The van der Waals surface area contributed by atoms with Crippen molar-refractivity contribution in [1.29, 1.82) is 0 Å². The molecule has 0 aromatic heterocycles. The Morgan fingerprint density at radius 2 is 0.739 bits per heavy atom. The Bertz CT molecular complexity index is 327. The summed E-state index contributed by atoms with van der Waals surface area (Å²) < 4.78 is 0. The molecular weight excluding hydrogens is 328 g/mol. The van der Waals surface area contributed by atoms with Gasteiger partial charge in [0.15, 0.2) is 0 Å². The molecule has 10 N–H and O–H groups in total. The fourth-order valence-corrected chi connectivity index (χ4v) is 1.48. The SMILES string of the molecule is N.N.O=C(O)CN(CCN(CC(=O)O)CC(=O)O)CC(=O)O.[Mg+2]. The van der Waals surface area contributed by atoms with E-state index in [4.69, 9.17) is 20.4 Å². The number of rotatable bonds is 11. The molecule has 130 valence electrons. The van der Waals surface area contributed by atoms with Crippen molar-refractivity contribution in [2.24, 2.45) is 0 Å². The first kappa shape index (κ1) is 29.5. The van der Waals surface area contributed by atoms with Crippen LogP contribution in [0, 0.1) is 0 Å². The molecule has 13 heteroatoms. The van der Waals surface area contributed by atoms with Gasteiger partial charge in [0.2, 0.25) is 0 Å². The van der Waals surface area contributed by atoms with Crippen molar-refractivity contribution >= 4 is 46.9 Å². The Hall–Kier alpha value is -1.51. The average Bonchev–Trinajstić information content (AvgIpc) is 2.22. The second-order valence-corrected chi connectivity index (χ2v) is 4.00. The van der Waals surface area contributed by atoms with Crippen LogP contribution in [-0.4, -0.2) is 116 Å². The van der Waals surface area contributed by atoms with Crippen molar-refractivity contribution in [3.8, 4) is 0 Å². The maximum Gasteiger partial charge on any atom is 2.00 e. The van der Waals surface area contributed by atoms with Crippen LogP contribution in [0.2, 0.25) is 0 Å². The molecule has 0 amide bonds. The molecule has 0 aromatic rings. The fourth-order valence-electron chi connectivity index (χ4n) is 1.48. The van der Waals surface area contributed by atoms with Crippen molar-refractivity contribution in [2.75, 3.05) is 39.3 Å². The number of carboxylic acids is 4. The molecule has 12 nitrogen and oxygen atoms in total. The van der Waals surface area contributed by atoms with E-state index in [0.717, 1.165) is 9.80 Å². The van der Waals surface area contributed by atoms with Crippen LogP contribution in [0.1, 0.15) is 0 Å². The molecule has 0 saturated carbocycles. The second kappa shape index (κ2) is 15.4. The van der Waals surface area contributed by atoms with Crippen LogP contribution in [0.25, 0.3) is 0 Å². The monoisotopic (exact) mass is 350 g/mol. The van der Waals surface area contributed by atoms with Crippen molar-refractivity contribution < 1.29 is 39.6 Å². The first-order chi connectivity index (χ1) is 9.20. The van der Waals surface area contributed by atoms with Gasteiger partial charge in [0, 0.05) is 13.1 Å². The van der Waals surface area contributed by atoms with Gasteiger partial charge in [-0.25, -0.2) is 0 Å². The third kappa shape index (κ3) is 18.4. The number of nitrogens with zero attached hydrogens (tertiary/aromatic N) is 2. The smallest absolute Gasteiger partial charge is 0.480 e. The van der Waals surface area contributed by atoms with E-state index in [9.17, 15) is 19.2 Å². The summed E-state index contributed by atoms with van der Waals surface area (Å²) in [5.74, 6) is -4.91. The van der Waals surface area contributed by atoms with Gasteiger partial charge in [-0.2, -0.15) is 0 Å². The van der Waals surface area contributed by atoms with Crippen LogP contribution >= 0.6 is 0 Å². The molecule has 0 aliphatic heterocycles. The molecule has 0 unspecified atom stereocenters. The topological polar surface area (TPSA) is 226 Å². The number of hydrogen-bond acceptors (Lipinski definition) is 8. The number of carbonyl (C=O) groups is 4. The van der Waals surface area contributed by atoms with E-state index >= 15 is 0 Å². The Balaban J connectivity index is -0.000000602. The Morgan fingerprint density at radius 1 is 0.565 bits per heavy atom. The van der Waals surface area contributed by atoms with Gasteiger partial charge < -0.3 is 32.7 Å². The second-order valence-electron chi connectivity index (χ2n) is 4.00. The fraction of sp³-hybridized carbons (Fsp3) is 0.600. The predicted octanol–water partition coefficient (Wildman–Crippen LogP) is -2.13. The van der Waals surface area contributed by atoms with Crippen LogP contribution in [0.5, 0.6) is 0 Å². The molecule has 0 aliphatic carbocycles. The largest absolute Gasteiger partial charge is 2.00 e. The molecule has 0 saturated heterocycles. The minimum absolute atomic E-state index is 0. The Morgan fingerprint density at radius 3 is 0.870 bits per heavy atom. The van der Waals surface area contributed by atoms with E-state index < -0.39 is 50.1 Å². The molecule has 0 aromatic carbocycles. The van der Waals surface area contributed by atoms with Crippen LogP contribution in [0.4, 0.5) is 0 Å². The number of hydrogen-bond donors (Lipinski definition) is 6. The standard InChI is InChI=1S/C10H16N2O8.Mg.2H3N/c13-7(14)3-11(4-8(15)16)1-2-12(5-9(17)18)6-10(19)20;;;/h1-6H2,(H,13,14)(H,15,16)(H,17,18)(H,19,20);;2*1H3/q;+2;;. The van der Waals surface area contributed by atoms with Gasteiger partial charge in [0.05, 0.1) is 26.2 Å². The van der Waals surface area contributed by atoms with E-state index in [1.165, 1.54) is 0 Å². The molecule has 0 aliphatic rings. The summed E-state index contributed by atoms with van der Waals surface area (Å²) in [6.45, 7) is -2.25. The van der Waals surface area contributed by atoms with Crippen molar-refractivity contribution in [2.45, 2.75) is 0 Å². The molecule has 0 fully saturated rings. The van der Waals surface area contributed by atoms with E-state index in [2.05, 4.69) is 0 Å². The van der Waals surface area contributed by atoms with Crippen LogP contribution in [-0.2, 0) is 19.2 Å². The summed E-state index contributed by atoms with van der Waals surface area (Å²) in [4.78, 5) is 44.4. The molecule has 0 bridgehead atoms. The van der Waals surface area contributed by atoms with Gasteiger partial charge in [0.1, 0.15) is 0 Å². The minimum atomic E-state index is -1.23. The van der Waals surface area contributed by atoms with E-state index in [0.29, 0.717) is 0 Å². The predicted molar refractivity (Wildman–Crippen MR) is 79.2 cm³/mol. The summed E-state index contributed by atoms with van der Waals surface area (Å²) in [7, 11) is 0. The van der Waals surface area contributed by atoms with Crippen LogP contribution in [0.3, 0.4) is 0 Å². The minimum Gasteiger partial charge on any atom is -0.480 e. The molecule has 0 rings (SSSR count). The first-order valence-electron chi connectivity index (χ1n) is 5.52. The summed E-state index contributed by atoms with van der Waals surface area (Å²) in [6, 6.07) is 0. The molecule has 0 spiro atoms. The zero-order valence-corrected chi connectivity index (χ0v) is 14.1. The van der Waals surface area contributed by atoms with Crippen LogP contribution < -0.4 is 12.3 Å². The first-order valence-corrected chi connectivity index (χ1v) is 5.52. The third-order valence-corrected chi connectivity index (χ3v) is 2.17. The summed E-state index contributed by atoms with van der Waals surface area (Å²) in [5.41, 5.74) is 0. The van der Waals surface area contributed by atoms with Crippen molar-refractivity contribution in [3.63, 3.8) is 0 Å². The normalized spacial score (nSPS) is 9.30. The molecular formula is C10H22MgN4O8+2. The molecule has 0 heterocycles. The molecule has 0 radical (unpaired) electrons. The van der Waals surface area contributed by atoms with Crippen LogP contribution in [0.15, 0.2) is 0 Å². The van der Waals surface area contributed by atoms with Crippen molar-refractivity contribution in [3.05, 3.63) is 0 Å². The molecule has 23 heavy (non-hydrogen) atoms. The zero-order chi connectivity index (χ0) is 15.7.